The second kappa shape index (κ2) is 20.4. The van der Waals surface area contributed by atoms with Crippen LogP contribution in [0.5, 0.6) is 0 Å². The van der Waals surface area contributed by atoms with Gasteiger partial charge in [0.25, 0.3) is 5.91 Å². The number of carbonyl (C=O) groups is 5. The van der Waals surface area contributed by atoms with Crippen molar-refractivity contribution in [2.24, 2.45) is 0 Å². The Morgan fingerprint density at radius 3 is 2.02 bits per heavy atom. The molecule has 3 amide bonds. The Morgan fingerprint density at radius 2 is 1.51 bits per heavy atom. The number of nitrogens with one attached hydrogen (secondary N) is 4. The maximum Gasteiger partial charge on any atom is 0.409 e. The molecule has 2 unspecified atom stereocenters. The number of alkyl carbamates (subject to hydrolysis) is 1. The van der Waals surface area contributed by atoms with Crippen LogP contribution >= 0.6 is 0 Å². The van der Waals surface area contributed by atoms with Gasteiger partial charge in [0.1, 0.15) is 42.7 Å². The van der Waals surface area contributed by atoms with Crippen molar-refractivity contribution < 1.29 is 72.8 Å². The fourth-order valence-electron chi connectivity index (χ4n) is 4.15. The minimum Gasteiger partial charge on any atom is -0.479 e. The van der Waals surface area contributed by atoms with E-state index in [0.29, 0.717) is 6.29 Å². The van der Waals surface area contributed by atoms with Gasteiger partial charge in [0.2, 0.25) is 5.91 Å². The number of aliphatic carboxylic acids is 1. The van der Waals surface area contributed by atoms with Crippen molar-refractivity contribution in [1.29, 1.82) is 0 Å². The smallest absolute Gasteiger partial charge is 0.409 e. The van der Waals surface area contributed by atoms with Crippen LogP contribution in [-0.2, 0) is 47.6 Å². The molecule has 0 radical (unpaired) electrons. The zero-order chi connectivity index (χ0) is 35.8. The van der Waals surface area contributed by atoms with E-state index in [1.54, 1.807) is 20.8 Å². The first-order valence-electron chi connectivity index (χ1n) is 15.0. The van der Waals surface area contributed by atoms with E-state index in [1.165, 1.54) is 13.8 Å². The molecule has 0 spiro atoms. The summed E-state index contributed by atoms with van der Waals surface area (Å²) in [6, 6.07) is -1.40. The monoisotopic (exact) mass is 682 g/mol. The summed E-state index contributed by atoms with van der Waals surface area (Å²) in [6.07, 6.45) is -9.65. The van der Waals surface area contributed by atoms with Gasteiger partial charge in [0.05, 0.1) is 52.3 Å². The number of amides is 3. The molecule has 1 fully saturated rings. The summed E-state index contributed by atoms with van der Waals surface area (Å²) in [5.74, 6) is -2.71. The van der Waals surface area contributed by atoms with Crippen LogP contribution in [0.3, 0.4) is 0 Å². The lowest BCUT2D eigenvalue weighted by molar-refractivity contribution is -0.209. The Hall–Kier alpha value is -3.01. The van der Waals surface area contributed by atoms with Crippen molar-refractivity contribution in [2.75, 3.05) is 46.2 Å². The average Bonchev–Trinajstić information content (AvgIpc) is 2.96. The molecule has 0 aromatic heterocycles. The van der Waals surface area contributed by atoms with Crippen molar-refractivity contribution >= 4 is 30.2 Å². The van der Waals surface area contributed by atoms with Crippen LogP contribution < -0.4 is 21.3 Å². The normalized spacial score (nSPS) is 23.9. The van der Waals surface area contributed by atoms with E-state index in [2.05, 4.69) is 21.3 Å². The van der Waals surface area contributed by atoms with Crippen molar-refractivity contribution in [2.45, 2.75) is 102 Å². The molecule has 0 saturated carbocycles. The molecule has 1 aliphatic rings. The molecule has 47 heavy (non-hydrogen) atoms. The third-order valence-electron chi connectivity index (χ3n) is 6.42. The summed E-state index contributed by atoms with van der Waals surface area (Å²) < 4.78 is 32.2. The minimum atomic E-state index is -2.31. The molecule has 1 saturated heterocycles. The lowest BCUT2D eigenvalue weighted by Crippen LogP contribution is -2.76. The molecule has 8 atom stereocenters. The Morgan fingerprint density at radius 1 is 0.936 bits per heavy atom. The number of carbonyl (C=O) groups excluding carboxylic acids is 4. The molecule has 0 bridgehead atoms. The van der Waals surface area contributed by atoms with Crippen LogP contribution in [0.2, 0.25) is 0 Å². The Labute approximate surface area is 272 Å². The predicted molar refractivity (Wildman–Crippen MR) is 160 cm³/mol. The van der Waals surface area contributed by atoms with Crippen molar-refractivity contribution in [3.8, 4) is 0 Å². The van der Waals surface area contributed by atoms with E-state index < -0.39 is 91.1 Å². The second-order valence-corrected chi connectivity index (χ2v) is 11.6. The van der Waals surface area contributed by atoms with Gasteiger partial charge in [0.15, 0.2) is 11.8 Å². The van der Waals surface area contributed by atoms with Gasteiger partial charge in [0, 0.05) is 13.3 Å². The van der Waals surface area contributed by atoms with Crippen LogP contribution in [0.25, 0.3) is 0 Å². The molecule has 0 aromatic rings. The van der Waals surface area contributed by atoms with Gasteiger partial charge in [-0.3, -0.25) is 20.2 Å². The first kappa shape index (κ1) is 42.0. The number of rotatable bonds is 21. The number of hydrogen-bond acceptors (Lipinski definition) is 15. The van der Waals surface area contributed by atoms with Crippen LogP contribution in [-0.4, -0.2) is 151 Å². The molecular formula is C28H50N4O15. The lowest BCUT2D eigenvalue weighted by atomic mass is 9.94. The fraction of sp³-hybridized carbons (Fsp3) is 0.821. The zero-order valence-electron chi connectivity index (χ0n) is 27.6. The number of carboxylic acid groups (broad SMARTS) is 1. The first-order valence-corrected chi connectivity index (χ1v) is 15.0. The summed E-state index contributed by atoms with van der Waals surface area (Å²) in [5, 5.41) is 49.5. The average molecular weight is 683 g/mol. The van der Waals surface area contributed by atoms with E-state index in [0.717, 1.165) is 6.92 Å². The van der Waals surface area contributed by atoms with Crippen molar-refractivity contribution in [3.05, 3.63) is 0 Å². The van der Waals surface area contributed by atoms with E-state index in [-0.39, 0.29) is 39.6 Å². The highest BCUT2D eigenvalue weighted by atomic mass is 16.6. The van der Waals surface area contributed by atoms with Crippen molar-refractivity contribution in [3.63, 3.8) is 0 Å². The van der Waals surface area contributed by atoms with Crippen LogP contribution in [0, 0.1) is 0 Å². The molecule has 0 aromatic carbocycles. The predicted octanol–water partition coefficient (Wildman–Crippen LogP) is -2.67. The molecule has 19 nitrogen and oxygen atoms in total. The number of ether oxygens (including phenoxy) is 6. The van der Waals surface area contributed by atoms with Gasteiger partial charge in [-0.05, 0) is 34.6 Å². The van der Waals surface area contributed by atoms with Gasteiger partial charge in [-0.2, -0.15) is 0 Å². The fourth-order valence-corrected chi connectivity index (χ4v) is 4.15. The SMILES string of the molecule is CC(=O)N[C@@H]1[C@@H](O)[C@H](O)[C@@H](CO)O[C@H]1N[C@@](CC=O)(NC(=O)OC(C)(C)C)C(=O)NC(C)OCCOCCOCCOC(C)C(=O)O. The van der Waals surface area contributed by atoms with Crippen LogP contribution in [0.1, 0.15) is 48.0 Å². The van der Waals surface area contributed by atoms with E-state index in [1.807, 2.05) is 0 Å². The summed E-state index contributed by atoms with van der Waals surface area (Å²) in [6.45, 7) is 8.75. The molecule has 0 aliphatic carbocycles. The Kier molecular flexibility index (Phi) is 18.2. The number of aldehydes is 1. The van der Waals surface area contributed by atoms with E-state index in [4.69, 9.17) is 33.5 Å². The van der Waals surface area contributed by atoms with Crippen molar-refractivity contribution in [1.82, 2.24) is 21.3 Å². The number of carboxylic acids is 1. The highest BCUT2D eigenvalue weighted by Gasteiger charge is 2.50. The Bertz CT molecular complexity index is 1010. The molecule has 272 valence electrons. The van der Waals surface area contributed by atoms with Gasteiger partial charge in [-0.25, -0.2) is 9.59 Å². The van der Waals surface area contributed by atoms with Gasteiger partial charge in [-0.1, -0.05) is 0 Å². The topological polar surface area (TPSA) is 270 Å². The molecule has 1 rings (SSSR count). The largest absolute Gasteiger partial charge is 0.479 e. The number of aliphatic hydroxyl groups is 3. The molecule has 1 aliphatic heterocycles. The summed E-state index contributed by atoms with van der Waals surface area (Å²) in [5.41, 5.74) is -3.32. The van der Waals surface area contributed by atoms with Gasteiger partial charge >= 0.3 is 12.1 Å². The third kappa shape index (κ3) is 15.2. The third-order valence-corrected chi connectivity index (χ3v) is 6.42. The maximum atomic E-state index is 13.7. The summed E-state index contributed by atoms with van der Waals surface area (Å²) >= 11 is 0. The molecule has 1 heterocycles. The lowest BCUT2D eigenvalue weighted by Gasteiger charge is -2.46. The summed E-state index contributed by atoms with van der Waals surface area (Å²) in [4.78, 5) is 61.1. The zero-order valence-corrected chi connectivity index (χ0v) is 27.6. The molecular weight excluding hydrogens is 632 g/mol. The number of aliphatic hydroxyl groups excluding tert-OH is 3. The van der Waals surface area contributed by atoms with Gasteiger partial charge in [-0.15, -0.1) is 0 Å². The van der Waals surface area contributed by atoms with Gasteiger partial charge < -0.3 is 64.3 Å². The van der Waals surface area contributed by atoms with Crippen LogP contribution in [0.15, 0.2) is 0 Å². The van der Waals surface area contributed by atoms with Crippen LogP contribution in [0.4, 0.5) is 4.79 Å². The maximum absolute atomic E-state index is 13.7. The molecule has 19 heteroatoms. The second-order valence-electron chi connectivity index (χ2n) is 11.6. The quantitative estimate of drug-likeness (QED) is 0.0348. The summed E-state index contributed by atoms with van der Waals surface area (Å²) in [7, 11) is 0. The Balaban J connectivity index is 2.94. The minimum absolute atomic E-state index is 0.00684. The highest BCUT2D eigenvalue weighted by Crippen LogP contribution is 2.23. The number of hydrogen-bond donors (Lipinski definition) is 8. The van der Waals surface area contributed by atoms with E-state index in [9.17, 15) is 39.3 Å². The standard InChI is InChI=1S/C28H50N4O15/c1-16(24(38)39)44-13-11-42-9-10-43-12-14-45-18(3)30-25(40)28(7-8-33,32-26(41)47-27(4,5)6)31-23-20(29-17(2)35)22(37)21(36)19(15-34)46-23/h8,16,18-23,31,34,36-37H,7,9-15H2,1-6H3,(H,29,35)(H,30,40)(H,32,41)(H,38,39)/t16?,18?,19-,20-,21-,22-,23-,28+/m1/s1. The highest BCUT2D eigenvalue weighted by molar-refractivity contribution is 5.92. The molecule has 8 N–H and O–H groups in total. The van der Waals surface area contributed by atoms with E-state index >= 15 is 0 Å². The first-order chi connectivity index (χ1) is 22.0.